The smallest absolute Gasteiger partial charge is 0.311 e. The average molecular weight is 322 g/mol. The van der Waals surface area contributed by atoms with Gasteiger partial charge >= 0.3 is 7.60 Å². The van der Waals surface area contributed by atoms with Gasteiger partial charge in [0.05, 0.1) is 5.69 Å². The van der Waals surface area contributed by atoms with Crippen molar-refractivity contribution in [3.63, 3.8) is 0 Å². The Bertz CT molecular complexity index is 858. The van der Waals surface area contributed by atoms with Crippen LogP contribution >= 0.6 is 7.60 Å². The summed E-state index contributed by atoms with van der Waals surface area (Å²) in [6.07, 6.45) is 0. The van der Waals surface area contributed by atoms with Gasteiger partial charge < -0.3 is 9.05 Å². The average Bonchev–Trinajstić information content (AvgIpc) is 2.82. The van der Waals surface area contributed by atoms with E-state index >= 15 is 0 Å². The number of nitrogens with zero attached hydrogens (tertiary/aromatic N) is 2. The van der Waals surface area contributed by atoms with Crippen molar-refractivity contribution < 1.29 is 18.4 Å². The van der Waals surface area contributed by atoms with Gasteiger partial charge in [0.1, 0.15) is 0 Å². The Kier molecular flexibility index (Phi) is 3.44. The van der Waals surface area contributed by atoms with Gasteiger partial charge in [-0.3, -0.25) is 14.2 Å². The number of carbonyl (C=O) groups excluding carboxylic acids is 1. The lowest BCUT2D eigenvalue weighted by Gasteiger charge is -2.30. The number of aryl methyl sites for hydroxylation is 1. The van der Waals surface area contributed by atoms with Gasteiger partial charge in [-0.05, 0) is 13.0 Å². The molecule has 0 aliphatic carbocycles. The number of hydrogen-bond donors (Lipinski definition) is 0. The molecule has 7 nitrogen and oxygen atoms in total. The molecule has 22 heavy (non-hydrogen) atoms. The van der Waals surface area contributed by atoms with Crippen LogP contribution in [0.5, 0.6) is 0 Å². The van der Waals surface area contributed by atoms with Crippen molar-refractivity contribution in [2.75, 3.05) is 14.2 Å². The van der Waals surface area contributed by atoms with Crippen molar-refractivity contribution in [1.82, 2.24) is 9.36 Å². The summed E-state index contributed by atoms with van der Waals surface area (Å²) in [6.45, 7) is 1.64. The summed E-state index contributed by atoms with van der Waals surface area (Å²) in [5, 5.41) is 0. The summed E-state index contributed by atoms with van der Waals surface area (Å²) in [4.78, 5) is 25.0. The standard InChI is InChI=1S/C14H15N2O5P/c1-9-8-12(17)16-11-7-5-4-6-10(11)13(14(18)15(9)16)22(19,20-2)21-3/h4-8,13H,1-3H3. The fourth-order valence-corrected chi connectivity index (χ4v) is 4.32. The van der Waals surface area contributed by atoms with E-state index in [1.165, 1.54) is 29.6 Å². The fraction of sp³-hybridized carbons (Fsp3) is 0.286. The first-order valence-electron chi connectivity index (χ1n) is 6.61. The van der Waals surface area contributed by atoms with Crippen molar-refractivity contribution in [2.45, 2.75) is 12.6 Å². The lowest BCUT2D eigenvalue weighted by molar-refractivity contribution is 0.0854. The molecule has 0 spiro atoms. The zero-order chi connectivity index (χ0) is 16.1. The summed E-state index contributed by atoms with van der Waals surface area (Å²) < 4.78 is 25.4. The molecule has 0 saturated heterocycles. The van der Waals surface area contributed by atoms with Gasteiger partial charge in [-0.1, -0.05) is 18.2 Å². The Balaban J connectivity index is 2.38. The highest BCUT2D eigenvalue weighted by atomic mass is 31.2. The van der Waals surface area contributed by atoms with E-state index in [0.29, 0.717) is 16.9 Å². The molecule has 1 aromatic heterocycles. The Hall–Kier alpha value is -1.95. The van der Waals surface area contributed by atoms with Crippen molar-refractivity contribution in [2.24, 2.45) is 0 Å². The van der Waals surface area contributed by atoms with Crippen molar-refractivity contribution >= 4 is 13.5 Å². The van der Waals surface area contributed by atoms with E-state index in [0.717, 1.165) is 0 Å². The topological polar surface area (TPSA) is 79.5 Å². The molecule has 0 saturated carbocycles. The summed E-state index contributed by atoms with van der Waals surface area (Å²) in [5.41, 5.74) is -0.00867. The molecule has 2 aromatic rings. The molecule has 2 heterocycles. The van der Waals surface area contributed by atoms with Crippen LogP contribution in [0.3, 0.4) is 0 Å². The molecule has 3 rings (SSSR count). The number of hydrogen-bond acceptors (Lipinski definition) is 5. The lowest BCUT2D eigenvalue weighted by atomic mass is 10.1. The molecule has 1 aliphatic rings. The van der Waals surface area contributed by atoms with E-state index in [1.54, 1.807) is 31.2 Å². The van der Waals surface area contributed by atoms with E-state index in [9.17, 15) is 14.2 Å². The highest BCUT2D eigenvalue weighted by molar-refractivity contribution is 7.55. The third-order valence-electron chi connectivity index (χ3n) is 3.80. The van der Waals surface area contributed by atoms with Crippen LogP contribution in [0.2, 0.25) is 0 Å². The van der Waals surface area contributed by atoms with Gasteiger partial charge in [-0.2, -0.15) is 0 Å². The number of aromatic nitrogens is 2. The summed E-state index contributed by atoms with van der Waals surface area (Å²) >= 11 is 0. The maximum atomic E-state index is 12.8. The Labute approximate surface area is 126 Å². The van der Waals surface area contributed by atoms with Crippen molar-refractivity contribution in [1.29, 1.82) is 0 Å². The molecule has 0 amide bonds. The molecular weight excluding hydrogens is 307 g/mol. The van der Waals surface area contributed by atoms with Gasteiger partial charge in [-0.15, -0.1) is 0 Å². The first kappa shape index (κ1) is 15.0. The maximum absolute atomic E-state index is 12.8. The molecule has 0 fully saturated rings. The summed E-state index contributed by atoms with van der Waals surface area (Å²) in [6, 6.07) is 8.17. The number of para-hydroxylation sites is 1. The van der Waals surface area contributed by atoms with Gasteiger partial charge in [0.25, 0.3) is 11.5 Å². The van der Waals surface area contributed by atoms with Gasteiger partial charge in [-0.25, -0.2) is 9.36 Å². The molecule has 116 valence electrons. The van der Waals surface area contributed by atoms with Crippen LogP contribution in [0.4, 0.5) is 0 Å². The fourth-order valence-electron chi connectivity index (χ4n) is 2.81. The maximum Gasteiger partial charge on any atom is 0.347 e. The zero-order valence-corrected chi connectivity index (χ0v) is 13.2. The van der Waals surface area contributed by atoms with Crippen LogP contribution in [0.1, 0.15) is 21.7 Å². The van der Waals surface area contributed by atoms with E-state index in [2.05, 4.69) is 0 Å². The minimum atomic E-state index is -3.70. The van der Waals surface area contributed by atoms with E-state index < -0.39 is 19.2 Å². The normalized spacial score (nSPS) is 17.2. The van der Waals surface area contributed by atoms with Gasteiger partial charge in [0.15, 0.2) is 5.66 Å². The molecule has 0 radical (unpaired) electrons. The molecule has 8 heteroatoms. The highest BCUT2D eigenvalue weighted by Gasteiger charge is 2.47. The second-order valence-corrected chi connectivity index (χ2v) is 7.28. The minimum Gasteiger partial charge on any atom is -0.311 e. The van der Waals surface area contributed by atoms with Crippen molar-refractivity contribution in [3.8, 4) is 5.69 Å². The van der Waals surface area contributed by atoms with Gasteiger partial charge in [0.2, 0.25) is 0 Å². The third-order valence-corrected chi connectivity index (χ3v) is 5.95. The number of rotatable bonds is 3. The predicted octanol–water partition coefficient (Wildman–Crippen LogP) is 2.13. The number of fused-ring (bicyclic) bond motifs is 3. The van der Waals surface area contributed by atoms with Crippen LogP contribution in [-0.4, -0.2) is 29.5 Å². The van der Waals surface area contributed by atoms with E-state index in [4.69, 9.17) is 9.05 Å². The molecule has 0 N–H and O–H groups in total. The minimum absolute atomic E-state index is 0.318. The third kappa shape index (κ3) is 1.86. The summed E-state index contributed by atoms with van der Waals surface area (Å²) in [5.74, 6) is -0.509. The molecule has 0 bridgehead atoms. The first-order valence-corrected chi connectivity index (χ1v) is 8.22. The van der Waals surface area contributed by atoms with Crippen LogP contribution in [0, 0.1) is 6.92 Å². The quantitative estimate of drug-likeness (QED) is 0.809. The predicted molar refractivity (Wildman–Crippen MR) is 79.8 cm³/mol. The Morgan fingerprint density at radius 3 is 2.36 bits per heavy atom. The molecule has 1 unspecified atom stereocenters. The number of benzene rings is 1. The lowest BCUT2D eigenvalue weighted by Crippen LogP contribution is -2.36. The van der Waals surface area contributed by atoms with Crippen molar-refractivity contribution in [3.05, 3.63) is 51.9 Å². The van der Waals surface area contributed by atoms with Crippen LogP contribution in [-0.2, 0) is 13.6 Å². The van der Waals surface area contributed by atoms with Gasteiger partial charge in [0, 0.05) is 31.5 Å². The second-order valence-electron chi connectivity index (χ2n) is 4.95. The van der Waals surface area contributed by atoms with E-state index in [1.807, 2.05) is 0 Å². The van der Waals surface area contributed by atoms with Crippen LogP contribution < -0.4 is 5.56 Å². The SMILES string of the molecule is COP(=O)(OC)C1C(=O)n2c(C)cc(=O)n2-c2ccccc21. The largest absolute Gasteiger partial charge is 0.347 e. The highest BCUT2D eigenvalue weighted by Crippen LogP contribution is 2.62. The number of carbonyl (C=O) groups is 1. The summed E-state index contributed by atoms with van der Waals surface area (Å²) in [7, 11) is -1.22. The van der Waals surface area contributed by atoms with E-state index in [-0.39, 0.29) is 5.56 Å². The zero-order valence-electron chi connectivity index (χ0n) is 12.3. The molecular formula is C14H15N2O5P. The Morgan fingerprint density at radius 2 is 1.73 bits per heavy atom. The molecule has 1 aromatic carbocycles. The molecule has 1 atom stereocenters. The monoisotopic (exact) mass is 322 g/mol. The Morgan fingerprint density at radius 1 is 1.09 bits per heavy atom. The van der Waals surface area contributed by atoms with Crippen LogP contribution in [0.25, 0.3) is 5.69 Å². The molecule has 1 aliphatic heterocycles. The first-order chi connectivity index (χ1) is 10.4. The van der Waals surface area contributed by atoms with Crippen LogP contribution in [0.15, 0.2) is 35.1 Å². The second kappa shape index (κ2) is 5.05.